The van der Waals surface area contributed by atoms with Crippen LogP contribution in [-0.2, 0) is 0 Å². The number of halogens is 1. The molecule has 1 aliphatic rings. The lowest BCUT2D eigenvalue weighted by molar-refractivity contribution is 0.0910. The monoisotopic (exact) mass is 281 g/mol. The zero-order chi connectivity index (χ0) is 13.8. The summed E-state index contributed by atoms with van der Waals surface area (Å²) in [6.07, 6.45) is 4.43. The molecule has 2 unspecified atom stereocenters. The van der Waals surface area contributed by atoms with Crippen LogP contribution in [0.15, 0.2) is 18.2 Å². The van der Waals surface area contributed by atoms with Gasteiger partial charge >= 0.3 is 0 Å². The molecule has 1 aromatic rings. The van der Waals surface area contributed by atoms with Crippen molar-refractivity contribution >= 4 is 17.5 Å². The van der Waals surface area contributed by atoms with Crippen LogP contribution < -0.4 is 5.32 Å². The van der Waals surface area contributed by atoms with Gasteiger partial charge in [0.2, 0.25) is 0 Å². The van der Waals surface area contributed by atoms with Crippen molar-refractivity contribution in [1.82, 2.24) is 5.32 Å². The Morgan fingerprint density at radius 2 is 2.16 bits per heavy atom. The molecule has 2 rings (SSSR count). The summed E-state index contributed by atoms with van der Waals surface area (Å²) in [5, 5.41) is 12.5. The molecule has 0 radical (unpaired) electrons. The Balaban J connectivity index is 2.07. The molecule has 1 fully saturated rings. The maximum atomic E-state index is 12.3. The lowest BCUT2D eigenvalue weighted by Crippen LogP contribution is -2.43. The molecule has 1 aliphatic carbocycles. The maximum Gasteiger partial charge on any atom is 0.251 e. The van der Waals surface area contributed by atoms with Crippen LogP contribution in [0.25, 0.3) is 0 Å². The van der Waals surface area contributed by atoms with Gasteiger partial charge in [-0.1, -0.05) is 12.8 Å². The zero-order valence-corrected chi connectivity index (χ0v) is 11.9. The summed E-state index contributed by atoms with van der Waals surface area (Å²) >= 11 is 5.97. The third-order valence-electron chi connectivity index (χ3n) is 3.88. The van der Waals surface area contributed by atoms with E-state index in [4.69, 9.17) is 11.6 Å². The molecule has 104 valence electrons. The Morgan fingerprint density at radius 1 is 1.42 bits per heavy atom. The fourth-order valence-corrected chi connectivity index (χ4v) is 3.10. The van der Waals surface area contributed by atoms with Crippen molar-refractivity contribution in [3.05, 3.63) is 29.3 Å². The van der Waals surface area contributed by atoms with Crippen molar-refractivity contribution in [2.75, 3.05) is 5.88 Å². The van der Waals surface area contributed by atoms with Gasteiger partial charge < -0.3 is 10.4 Å². The first-order valence-electron chi connectivity index (χ1n) is 6.78. The van der Waals surface area contributed by atoms with E-state index in [-0.39, 0.29) is 17.7 Å². The van der Waals surface area contributed by atoms with Gasteiger partial charge in [-0.25, -0.2) is 0 Å². The third-order valence-corrected chi connectivity index (χ3v) is 4.27. The molecule has 0 heterocycles. The lowest BCUT2D eigenvalue weighted by atomic mass is 9.85. The number of alkyl halides is 1. The van der Waals surface area contributed by atoms with E-state index < -0.39 is 0 Å². The van der Waals surface area contributed by atoms with Gasteiger partial charge in [0.15, 0.2) is 0 Å². The fourth-order valence-electron chi connectivity index (χ4n) is 2.73. The highest BCUT2D eigenvalue weighted by atomic mass is 35.5. The minimum absolute atomic E-state index is 0.0699. The number of phenols is 1. The molecule has 19 heavy (non-hydrogen) atoms. The van der Waals surface area contributed by atoms with E-state index in [1.54, 1.807) is 18.2 Å². The second-order valence-corrected chi connectivity index (χ2v) is 5.59. The molecule has 2 atom stereocenters. The van der Waals surface area contributed by atoms with Gasteiger partial charge in [0.05, 0.1) is 0 Å². The summed E-state index contributed by atoms with van der Waals surface area (Å²) in [6.45, 7) is 1.83. The molecular weight excluding hydrogens is 262 g/mol. The van der Waals surface area contributed by atoms with Crippen molar-refractivity contribution in [2.45, 2.75) is 38.6 Å². The molecule has 0 aromatic heterocycles. The van der Waals surface area contributed by atoms with E-state index in [2.05, 4.69) is 5.32 Å². The lowest BCUT2D eigenvalue weighted by Gasteiger charge is -2.31. The molecular formula is C15H20ClNO2. The van der Waals surface area contributed by atoms with Crippen LogP contribution in [0.2, 0.25) is 0 Å². The first-order chi connectivity index (χ1) is 9.11. The number of aryl methyl sites for hydroxylation is 1. The number of phenolic OH excluding ortho intramolecular Hbond substituents is 1. The Hall–Kier alpha value is -1.22. The highest BCUT2D eigenvalue weighted by molar-refractivity contribution is 6.18. The average molecular weight is 282 g/mol. The number of hydrogen-bond acceptors (Lipinski definition) is 2. The molecule has 0 saturated heterocycles. The summed E-state index contributed by atoms with van der Waals surface area (Å²) in [5.74, 6) is 1.08. The van der Waals surface area contributed by atoms with Crippen molar-refractivity contribution < 1.29 is 9.90 Å². The summed E-state index contributed by atoms with van der Waals surface area (Å²) in [4.78, 5) is 12.3. The second-order valence-electron chi connectivity index (χ2n) is 5.28. The van der Waals surface area contributed by atoms with Crippen molar-refractivity contribution in [3.63, 3.8) is 0 Å². The molecule has 1 saturated carbocycles. The number of carbonyl (C=O) groups is 1. The van der Waals surface area contributed by atoms with Crippen LogP contribution in [0, 0.1) is 12.8 Å². The summed E-state index contributed by atoms with van der Waals surface area (Å²) in [7, 11) is 0. The number of rotatable bonds is 3. The fraction of sp³-hybridized carbons (Fsp3) is 0.533. The Morgan fingerprint density at radius 3 is 2.84 bits per heavy atom. The van der Waals surface area contributed by atoms with Crippen LogP contribution in [0.1, 0.15) is 41.6 Å². The molecule has 0 bridgehead atoms. The highest BCUT2D eigenvalue weighted by Gasteiger charge is 2.26. The quantitative estimate of drug-likeness (QED) is 0.836. The zero-order valence-electron chi connectivity index (χ0n) is 11.2. The molecule has 3 nitrogen and oxygen atoms in total. The SMILES string of the molecule is Cc1cc(O)ccc1C(=O)NC1CCCCC1CCl. The minimum atomic E-state index is -0.0699. The van der Waals surface area contributed by atoms with Crippen LogP contribution >= 0.6 is 11.6 Å². The molecule has 0 aliphatic heterocycles. The molecule has 1 aromatic carbocycles. The van der Waals surface area contributed by atoms with Gasteiger partial charge in [-0.2, -0.15) is 0 Å². The predicted molar refractivity (Wildman–Crippen MR) is 76.8 cm³/mol. The largest absolute Gasteiger partial charge is 0.508 e. The standard InChI is InChI=1S/C15H20ClNO2/c1-10-8-12(18)6-7-13(10)15(19)17-14-5-3-2-4-11(14)9-16/h6-8,11,14,18H,2-5,9H2,1H3,(H,17,19). The first-order valence-corrected chi connectivity index (χ1v) is 7.31. The number of benzene rings is 1. The highest BCUT2D eigenvalue weighted by Crippen LogP contribution is 2.26. The van der Waals surface area contributed by atoms with Crippen LogP contribution in [-0.4, -0.2) is 22.9 Å². The van der Waals surface area contributed by atoms with Gasteiger partial charge in [0.25, 0.3) is 5.91 Å². The van der Waals surface area contributed by atoms with Gasteiger partial charge in [0.1, 0.15) is 5.75 Å². The summed E-state index contributed by atoms with van der Waals surface area (Å²) in [5.41, 5.74) is 1.41. The van der Waals surface area contributed by atoms with E-state index >= 15 is 0 Å². The second kappa shape index (κ2) is 6.29. The molecule has 0 spiro atoms. The summed E-state index contributed by atoms with van der Waals surface area (Å²) in [6, 6.07) is 4.99. The van der Waals surface area contributed by atoms with Crippen LogP contribution in [0.3, 0.4) is 0 Å². The Labute approximate surface area is 119 Å². The van der Waals surface area contributed by atoms with Gasteiger partial charge in [-0.3, -0.25) is 4.79 Å². The number of amides is 1. The van der Waals surface area contributed by atoms with E-state index in [1.165, 1.54) is 6.42 Å². The van der Waals surface area contributed by atoms with Crippen molar-refractivity contribution in [2.24, 2.45) is 5.92 Å². The first kappa shape index (κ1) is 14.2. The average Bonchev–Trinajstić information content (AvgIpc) is 2.39. The molecule has 4 heteroatoms. The van der Waals surface area contributed by atoms with E-state index in [1.807, 2.05) is 6.92 Å². The van der Waals surface area contributed by atoms with Crippen LogP contribution in [0.4, 0.5) is 0 Å². The smallest absolute Gasteiger partial charge is 0.251 e. The maximum absolute atomic E-state index is 12.3. The van der Waals surface area contributed by atoms with E-state index in [0.29, 0.717) is 17.4 Å². The number of hydrogen-bond donors (Lipinski definition) is 2. The normalized spacial score (nSPS) is 23.1. The Bertz CT molecular complexity index is 461. The molecule has 2 N–H and O–H groups in total. The topological polar surface area (TPSA) is 49.3 Å². The number of aromatic hydroxyl groups is 1. The van der Waals surface area contributed by atoms with E-state index in [9.17, 15) is 9.90 Å². The number of carbonyl (C=O) groups excluding carboxylic acids is 1. The third kappa shape index (κ3) is 3.41. The van der Waals surface area contributed by atoms with Crippen molar-refractivity contribution in [1.29, 1.82) is 0 Å². The summed E-state index contributed by atoms with van der Waals surface area (Å²) < 4.78 is 0. The predicted octanol–water partition coefficient (Wildman–Crippen LogP) is 3.23. The minimum Gasteiger partial charge on any atom is -0.508 e. The van der Waals surface area contributed by atoms with Gasteiger partial charge in [0, 0.05) is 17.5 Å². The van der Waals surface area contributed by atoms with Crippen molar-refractivity contribution in [3.8, 4) is 5.75 Å². The Kier molecular flexibility index (Phi) is 4.70. The van der Waals surface area contributed by atoms with E-state index in [0.717, 1.165) is 24.8 Å². The molecule has 1 amide bonds. The van der Waals surface area contributed by atoms with Gasteiger partial charge in [-0.05, 0) is 49.4 Å². The van der Waals surface area contributed by atoms with Gasteiger partial charge in [-0.15, -0.1) is 11.6 Å². The van der Waals surface area contributed by atoms with Crippen LogP contribution in [0.5, 0.6) is 5.75 Å². The number of nitrogens with one attached hydrogen (secondary N) is 1.